The summed E-state index contributed by atoms with van der Waals surface area (Å²) < 4.78 is 6.39. The van der Waals surface area contributed by atoms with Crippen molar-refractivity contribution in [1.82, 2.24) is 10.2 Å². The Hall–Kier alpha value is -1.27. The molecule has 1 aromatic rings. The lowest BCUT2D eigenvalue weighted by Gasteiger charge is -2.30. The molecular weight excluding hydrogens is 384 g/mol. The molecule has 124 valence electrons. The van der Waals surface area contributed by atoms with Crippen LogP contribution in [0.15, 0.2) is 22.7 Å². The maximum absolute atomic E-state index is 12.6. The number of amides is 3. The molecule has 1 aromatic carbocycles. The van der Waals surface area contributed by atoms with E-state index in [-0.39, 0.29) is 25.1 Å². The van der Waals surface area contributed by atoms with Gasteiger partial charge in [0, 0.05) is 5.02 Å². The molecule has 1 N–H and O–H groups in total. The predicted molar refractivity (Wildman–Crippen MR) is 90.7 cm³/mol. The van der Waals surface area contributed by atoms with Crippen molar-refractivity contribution < 1.29 is 14.3 Å². The molecule has 1 spiro atoms. The number of rotatable bonds is 4. The van der Waals surface area contributed by atoms with Gasteiger partial charge in [-0.2, -0.15) is 0 Å². The molecule has 1 aliphatic heterocycles. The molecule has 23 heavy (non-hydrogen) atoms. The quantitative estimate of drug-likeness (QED) is 0.782. The van der Waals surface area contributed by atoms with Crippen LogP contribution in [0.5, 0.6) is 5.75 Å². The Morgan fingerprint density at radius 1 is 1.26 bits per heavy atom. The Labute approximate surface area is 148 Å². The smallest absolute Gasteiger partial charge is 0.325 e. The van der Waals surface area contributed by atoms with E-state index in [1.165, 1.54) is 4.90 Å². The standard InChI is InChI=1S/C16H18BrClN2O3/c17-12-10-11(18)4-5-13(12)23-9-8-20-14(21)16(19-15(20)22)6-2-1-3-7-16/h4-5,10H,1-3,6-9H2,(H,19,22). The predicted octanol–water partition coefficient (Wildman–Crippen LogP) is 3.74. The summed E-state index contributed by atoms with van der Waals surface area (Å²) in [5.74, 6) is 0.523. The van der Waals surface area contributed by atoms with Crippen LogP contribution in [0.25, 0.3) is 0 Å². The minimum absolute atomic E-state index is 0.110. The Morgan fingerprint density at radius 2 is 2.00 bits per heavy atom. The topological polar surface area (TPSA) is 58.6 Å². The molecule has 0 aromatic heterocycles. The number of urea groups is 1. The summed E-state index contributed by atoms with van der Waals surface area (Å²) in [5, 5.41) is 3.50. The molecule has 0 atom stereocenters. The number of nitrogens with zero attached hydrogens (tertiary/aromatic N) is 1. The lowest BCUT2D eigenvalue weighted by atomic mass is 9.82. The highest BCUT2D eigenvalue weighted by Crippen LogP contribution is 2.33. The number of imide groups is 1. The monoisotopic (exact) mass is 400 g/mol. The maximum atomic E-state index is 12.6. The molecule has 1 heterocycles. The molecule has 3 amide bonds. The van der Waals surface area contributed by atoms with E-state index in [1.807, 2.05) is 0 Å². The van der Waals surface area contributed by atoms with Crippen molar-refractivity contribution in [2.45, 2.75) is 37.6 Å². The summed E-state index contributed by atoms with van der Waals surface area (Å²) in [7, 11) is 0. The fraction of sp³-hybridized carbons (Fsp3) is 0.500. The van der Waals surface area contributed by atoms with Crippen molar-refractivity contribution in [3.05, 3.63) is 27.7 Å². The first-order chi connectivity index (χ1) is 11.0. The summed E-state index contributed by atoms with van der Waals surface area (Å²) in [6.07, 6.45) is 4.55. The van der Waals surface area contributed by atoms with Crippen molar-refractivity contribution >= 4 is 39.5 Å². The van der Waals surface area contributed by atoms with Crippen LogP contribution in [0.2, 0.25) is 5.02 Å². The van der Waals surface area contributed by atoms with Crippen LogP contribution in [0.1, 0.15) is 32.1 Å². The second kappa shape index (κ2) is 6.69. The minimum atomic E-state index is -0.670. The van der Waals surface area contributed by atoms with Crippen LogP contribution in [0.4, 0.5) is 4.79 Å². The van der Waals surface area contributed by atoms with Crippen molar-refractivity contribution in [3.8, 4) is 5.75 Å². The van der Waals surface area contributed by atoms with E-state index in [9.17, 15) is 9.59 Å². The van der Waals surface area contributed by atoms with Gasteiger partial charge in [0.15, 0.2) is 0 Å². The highest BCUT2D eigenvalue weighted by molar-refractivity contribution is 9.10. The van der Waals surface area contributed by atoms with Crippen LogP contribution < -0.4 is 10.1 Å². The molecule has 2 fully saturated rings. The number of carbonyl (C=O) groups excluding carboxylic acids is 2. The molecule has 2 aliphatic rings. The average Bonchev–Trinajstić information content (AvgIpc) is 2.74. The third kappa shape index (κ3) is 3.33. The summed E-state index contributed by atoms with van der Waals surface area (Å²) >= 11 is 9.26. The van der Waals surface area contributed by atoms with Crippen molar-refractivity contribution in [1.29, 1.82) is 0 Å². The number of benzene rings is 1. The zero-order valence-electron chi connectivity index (χ0n) is 12.6. The Kier molecular flexibility index (Phi) is 4.82. The van der Waals surface area contributed by atoms with E-state index in [0.29, 0.717) is 10.8 Å². The minimum Gasteiger partial charge on any atom is -0.491 e. The van der Waals surface area contributed by atoms with Gasteiger partial charge in [0.1, 0.15) is 17.9 Å². The van der Waals surface area contributed by atoms with Gasteiger partial charge in [0.2, 0.25) is 0 Å². The zero-order chi connectivity index (χ0) is 16.4. The Bertz CT molecular complexity index is 632. The maximum Gasteiger partial charge on any atom is 0.325 e. The lowest BCUT2D eigenvalue weighted by Crippen LogP contribution is -2.48. The van der Waals surface area contributed by atoms with E-state index >= 15 is 0 Å². The van der Waals surface area contributed by atoms with Crippen LogP contribution in [0, 0.1) is 0 Å². The fourth-order valence-corrected chi connectivity index (χ4v) is 4.01. The number of halogens is 2. The highest BCUT2D eigenvalue weighted by atomic mass is 79.9. The second-order valence-corrected chi connectivity index (χ2v) is 7.24. The molecule has 5 nitrogen and oxygen atoms in total. The van der Waals surface area contributed by atoms with Crippen molar-refractivity contribution in [2.75, 3.05) is 13.2 Å². The van der Waals surface area contributed by atoms with Crippen LogP contribution in [0.3, 0.4) is 0 Å². The summed E-state index contributed by atoms with van der Waals surface area (Å²) in [6, 6.07) is 4.91. The molecular formula is C16H18BrClN2O3. The molecule has 7 heteroatoms. The number of carbonyl (C=O) groups is 2. The summed E-state index contributed by atoms with van der Waals surface area (Å²) in [5.41, 5.74) is -0.670. The largest absolute Gasteiger partial charge is 0.491 e. The van der Waals surface area contributed by atoms with E-state index in [2.05, 4.69) is 21.2 Å². The summed E-state index contributed by atoms with van der Waals surface area (Å²) in [4.78, 5) is 26.0. The van der Waals surface area contributed by atoms with Gasteiger partial charge >= 0.3 is 6.03 Å². The van der Waals surface area contributed by atoms with Gasteiger partial charge in [-0.3, -0.25) is 9.69 Å². The second-order valence-electron chi connectivity index (χ2n) is 5.95. The zero-order valence-corrected chi connectivity index (χ0v) is 15.0. The van der Waals surface area contributed by atoms with Gasteiger partial charge in [-0.05, 0) is 47.0 Å². The van der Waals surface area contributed by atoms with E-state index in [1.54, 1.807) is 18.2 Å². The number of hydrogen-bond donors (Lipinski definition) is 1. The van der Waals surface area contributed by atoms with Gasteiger partial charge < -0.3 is 10.1 Å². The highest BCUT2D eigenvalue weighted by Gasteiger charge is 2.50. The Morgan fingerprint density at radius 3 is 2.70 bits per heavy atom. The first-order valence-corrected chi connectivity index (χ1v) is 8.91. The third-order valence-electron chi connectivity index (χ3n) is 4.42. The average molecular weight is 402 g/mol. The van der Waals surface area contributed by atoms with Gasteiger partial charge in [-0.15, -0.1) is 0 Å². The molecule has 1 saturated heterocycles. The number of nitrogens with one attached hydrogen (secondary N) is 1. The van der Waals surface area contributed by atoms with Crippen LogP contribution in [-0.2, 0) is 4.79 Å². The van der Waals surface area contributed by atoms with Gasteiger partial charge in [-0.25, -0.2) is 4.79 Å². The van der Waals surface area contributed by atoms with Crippen molar-refractivity contribution in [2.24, 2.45) is 0 Å². The fourth-order valence-electron chi connectivity index (χ4n) is 3.21. The molecule has 1 aliphatic carbocycles. The van der Waals surface area contributed by atoms with E-state index in [4.69, 9.17) is 16.3 Å². The van der Waals surface area contributed by atoms with Gasteiger partial charge in [-0.1, -0.05) is 30.9 Å². The van der Waals surface area contributed by atoms with Gasteiger partial charge in [0.25, 0.3) is 5.91 Å². The van der Waals surface area contributed by atoms with Crippen LogP contribution in [-0.4, -0.2) is 35.5 Å². The molecule has 3 rings (SSSR count). The first kappa shape index (κ1) is 16.6. The number of hydrogen-bond acceptors (Lipinski definition) is 3. The SMILES string of the molecule is O=C1NC2(CCCCC2)C(=O)N1CCOc1ccc(Cl)cc1Br. The lowest BCUT2D eigenvalue weighted by molar-refractivity contribution is -0.132. The van der Waals surface area contributed by atoms with E-state index < -0.39 is 5.54 Å². The third-order valence-corrected chi connectivity index (χ3v) is 5.27. The van der Waals surface area contributed by atoms with Crippen LogP contribution >= 0.6 is 27.5 Å². The molecule has 0 radical (unpaired) electrons. The molecule has 0 unspecified atom stereocenters. The first-order valence-electron chi connectivity index (χ1n) is 7.74. The normalized spacial score (nSPS) is 20.0. The van der Waals surface area contributed by atoms with Crippen molar-refractivity contribution in [3.63, 3.8) is 0 Å². The molecule has 0 bridgehead atoms. The summed E-state index contributed by atoms with van der Waals surface area (Å²) in [6.45, 7) is 0.483. The van der Waals surface area contributed by atoms with Gasteiger partial charge in [0.05, 0.1) is 11.0 Å². The Balaban J connectivity index is 1.60. The van der Waals surface area contributed by atoms with E-state index in [0.717, 1.165) is 36.6 Å². The molecule has 1 saturated carbocycles. The number of ether oxygens (including phenoxy) is 1.